The molecule has 1 heterocycles. The van der Waals surface area contributed by atoms with Gasteiger partial charge in [-0.05, 0) is 31.2 Å². The molecule has 0 aliphatic heterocycles. The molecule has 3 rings (SSSR count). The number of hydrogen-bond acceptors (Lipinski definition) is 2. The second-order valence-electron chi connectivity index (χ2n) is 6.06. The second kappa shape index (κ2) is 7.67. The molecule has 0 saturated heterocycles. The van der Waals surface area contributed by atoms with Crippen LogP contribution in [0.15, 0.2) is 60.7 Å². The summed E-state index contributed by atoms with van der Waals surface area (Å²) >= 11 is 6.05. The van der Waals surface area contributed by atoms with Gasteiger partial charge >= 0.3 is 0 Å². The Hall–Kier alpha value is -2.72. The quantitative estimate of drug-likeness (QED) is 0.640. The molecule has 0 N–H and O–H groups in total. The van der Waals surface area contributed by atoms with Gasteiger partial charge in [0.2, 0.25) is 0 Å². The largest absolute Gasteiger partial charge is 0.337 e. The number of halogens is 2. The zero-order valence-electron chi connectivity index (χ0n) is 14.5. The molecule has 0 aliphatic carbocycles. The fourth-order valence-corrected chi connectivity index (χ4v) is 2.98. The Morgan fingerprint density at radius 1 is 1.08 bits per heavy atom. The van der Waals surface area contributed by atoms with Crippen LogP contribution in [0, 0.1) is 12.7 Å². The summed E-state index contributed by atoms with van der Waals surface area (Å²) in [5, 5.41) is 0.305. The molecule has 0 spiro atoms. The van der Waals surface area contributed by atoms with E-state index in [4.69, 9.17) is 11.6 Å². The van der Waals surface area contributed by atoms with Crippen molar-refractivity contribution in [3.63, 3.8) is 0 Å². The first kappa shape index (κ1) is 18.1. The second-order valence-corrected chi connectivity index (χ2v) is 6.46. The number of aromatic nitrogens is 1. The number of hydrogen-bond donors (Lipinski definition) is 0. The number of benzene rings is 2. The first-order valence-electron chi connectivity index (χ1n) is 8.19. The van der Waals surface area contributed by atoms with Gasteiger partial charge in [-0.2, -0.15) is 0 Å². The molecular formula is C21H18ClFN2O. The Morgan fingerprint density at radius 3 is 2.46 bits per heavy atom. The van der Waals surface area contributed by atoms with Crippen LogP contribution in [0.4, 0.5) is 4.39 Å². The minimum atomic E-state index is -0.425. The molecular weight excluding hydrogens is 351 g/mol. The van der Waals surface area contributed by atoms with Gasteiger partial charge in [-0.1, -0.05) is 48.0 Å². The number of pyridine rings is 1. The third-order valence-electron chi connectivity index (χ3n) is 4.19. The smallest absolute Gasteiger partial charge is 0.255 e. The van der Waals surface area contributed by atoms with Gasteiger partial charge in [-0.25, -0.2) is 4.39 Å². The van der Waals surface area contributed by atoms with Gasteiger partial charge in [0.25, 0.3) is 5.91 Å². The van der Waals surface area contributed by atoms with Crippen LogP contribution in [0.3, 0.4) is 0 Å². The summed E-state index contributed by atoms with van der Waals surface area (Å²) in [6, 6.07) is 17.8. The molecule has 1 amide bonds. The Morgan fingerprint density at radius 2 is 1.81 bits per heavy atom. The third kappa shape index (κ3) is 3.75. The molecule has 26 heavy (non-hydrogen) atoms. The SMILES string of the molecule is Cc1nc(-c2ccccc2)ccc1C(=O)N(C)Cc1c(F)cccc1Cl. The molecule has 3 nitrogen and oxygen atoms in total. The van der Waals surface area contributed by atoms with Crippen molar-refractivity contribution < 1.29 is 9.18 Å². The first-order valence-corrected chi connectivity index (χ1v) is 8.56. The van der Waals surface area contributed by atoms with E-state index in [1.807, 2.05) is 36.4 Å². The molecule has 0 fully saturated rings. The number of amides is 1. The fourth-order valence-electron chi connectivity index (χ4n) is 2.75. The van der Waals surface area contributed by atoms with E-state index in [1.165, 1.54) is 11.0 Å². The van der Waals surface area contributed by atoms with Crippen LogP contribution in [-0.2, 0) is 6.54 Å². The summed E-state index contributed by atoms with van der Waals surface area (Å²) in [6.07, 6.45) is 0. The molecule has 0 saturated carbocycles. The number of carbonyl (C=O) groups is 1. The highest BCUT2D eigenvalue weighted by molar-refractivity contribution is 6.31. The fraction of sp³-hybridized carbons (Fsp3) is 0.143. The lowest BCUT2D eigenvalue weighted by atomic mass is 10.1. The van der Waals surface area contributed by atoms with Crippen LogP contribution in [0.1, 0.15) is 21.6 Å². The summed E-state index contributed by atoms with van der Waals surface area (Å²) in [7, 11) is 1.62. The van der Waals surface area contributed by atoms with Gasteiger partial charge < -0.3 is 4.90 Å². The van der Waals surface area contributed by atoms with Gasteiger partial charge in [0.1, 0.15) is 5.82 Å². The molecule has 0 atom stereocenters. The van der Waals surface area contributed by atoms with Gasteiger partial charge in [-0.3, -0.25) is 9.78 Å². The van der Waals surface area contributed by atoms with Crippen LogP contribution in [0.5, 0.6) is 0 Å². The van der Waals surface area contributed by atoms with Crippen molar-refractivity contribution in [2.24, 2.45) is 0 Å². The number of nitrogens with zero attached hydrogens (tertiary/aromatic N) is 2. The predicted molar refractivity (Wildman–Crippen MR) is 102 cm³/mol. The lowest BCUT2D eigenvalue weighted by Gasteiger charge is -2.19. The monoisotopic (exact) mass is 368 g/mol. The maximum atomic E-state index is 14.0. The van der Waals surface area contributed by atoms with Crippen molar-refractivity contribution in [2.45, 2.75) is 13.5 Å². The average Bonchev–Trinajstić information content (AvgIpc) is 2.65. The lowest BCUT2D eigenvalue weighted by molar-refractivity contribution is 0.0782. The third-order valence-corrected chi connectivity index (χ3v) is 4.54. The van der Waals surface area contributed by atoms with E-state index >= 15 is 0 Å². The molecule has 2 aromatic carbocycles. The molecule has 132 valence electrons. The molecule has 0 bridgehead atoms. The van der Waals surface area contributed by atoms with Crippen molar-refractivity contribution in [1.29, 1.82) is 0 Å². The van der Waals surface area contributed by atoms with Crippen LogP contribution >= 0.6 is 11.6 Å². The molecule has 3 aromatic rings. The van der Waals surface area contributed by atoms with E-state index in [0.717, 1.165) is 11.3 Å². The molecule has 0 radical (unpaired) electrons. The maximum absolute atomic E-state index is 14.0. The Balaban J connectivity index is 1.83. The molecule has 0 unspecified atom stereocenters. The molecule has 1 aromatic heterocycles. The number of carbonyl (C=O) groups excluding carboxylic acids is 1. The van der Waals surface area contributed by atoms with Crippen molar-refractivity contribution in [2.75, 3.05) is 7.05 Å². The lowest BCUT2D eigenvalue weighted by Crippen LogP contribution is -2.27. The minimum absolute atomic E-state index is 0.0875. The number of aryl methyl sites for hydroxylation is 1. The van der Waals surface area contributed by atoms with E-state index in [-0.39, 0.29) is 12.5 Å². The van der Waals surface area contributed by atoms with Crippen LogP contribution in [-0.4, -0.2) is 22.8 Å². The van der Waals surface area contributed by atoms with Gasteiger partial charge in [-0.15, -0.1) is 0 Å². The van der Waals surface area contributed by atoms with Crippen LogP contribution in [0.25, 0.3) is 11.3 Å². The zero-order chi connectivity index (χ0) is 18.7. The topological polar surface area (TPSA) is 33.2 Å². The van der Waals surface area contributed by atoms with E-state index < -0.39 is 5.82 Å². The van der Waals surface area contributed by atoms with Gasteiger partial charge in [0.05, 0.1) is 17.0 Å². The predicted octanol–water partition coefficient (Wildman–Crippen LogP) is 5.12. The summed E-state index contributed by atoms with van der Waals surface area (Å²) in [5.74, 6) is -0.652. The highest BCUT2D eigenvalue weighted by Crippen LogP contribution is 2.23. The average molecular weight is 369 g/mol. The summed E-state index contributed by atoms with van der Waals surface area (Å²) in [5.41, 5.74) is 3.21. The highest BCUT2D eigenvalue weighted by Gasteiger charge is 2.18. The Labute approximate surface area is 157 Å². The van der Waals surface area contributed by atoms with Crippen molar-refractivity contribution in [1.82, 2.24) is 9.88 Å². The van der Waals surface area contributed by atoms with E-state index in [1.54, 1.807) is 32.2 Å². The van der Waals surface area contributed by atoms with E-state index in [0.29, 0.717) is 21.8 Å². The highest BCUT2D eigenvalue weighted by atomic mass is 35.5. The standard InChI is InChI=1S/C21H18ClFN2O/c1-14-16(11-12-20(24-14)15-7-4-3-5-8-15)21(26)25(2)13-17-18(22)9-6-10-19(17)23/h3-12H,13H2,1-2H3. The van der Waals surface area contributed by atoms with Crippen molar-refractivity contribution in [3.05, 3.63) is 88.3 Å². The summed E-state index contributed by atoms with van der Waals surface area (Å²) in [4.78, 5) is 18.7. The van der Waals surface area contributed by atoms with E-state index in [9.17, 15) is 9.18 Å². The Bertz CT molecular complexity index is 924. The first-order chi connectivity index (χ1) is 12.5. The van der Waals surface area contributed by atoms with Crippen LogP contribution < -0.4 is 0 Å². The van der Waals surface area contributed by atoms with Gasteiger partial charge in [0.15, 0.2) is 0 Å². The van der Waals surface area contributed by atoms with Crippen LogP contribution in [0.2, 0.25) is 5.02 Å². The van der Waals surface area contributed by atoms with Gasteiger partial charge in [0, 0.05) is 29.7 Å². The normalized spacial score (nSPS) is 10.6. The number of rotatable bonds is 4. The summed E-state index contributed by atoms with van der Waals surface area (Å²) < 4.78 is 14.0. The molecule has 5 heteroatoms. The zero-order valence-corrected chi connectivity index (χ0v) is 15.3. The Kier molecular flexibility index (Phi) is 5.33. The van der Waals surface area contributed by atoms with Crippen molar-refractivity contribution >= 4 is 17.5 Å². The minimum Gasteiger partial charge on any atom is -0.337 e. The maximum Gasteiger partial charge on any atom is 0.255 e. The van der Waals surface area contributed by atoms with E-state index in [2.05, 4.69) is 4.98 Å². The summed E-state index contributed by atoms with van der Waals surface area (Å²) in [6.45, 7) is 1.88. The molecule has 0 aliphatic rings. The van der Waals surface area contributed by atoms with Crippen molar-refractivity contribution in [3.8, 4) is 11.3 Å².